The summed E-state index contributed by atoms with van der Waals surface area (Å²) in [5.41, 5.74) is 1.42. The number of piperidine rings is 1. The lowest BCUT2D eigenvalue weighted by Crippen LogP contribution is -2.44. The molecule has 0 aliphatic carbocycles. The first-order valence-electron chi connectivity index (χ1n) is 11.5. The Hall–Kier alpha value is -3.72. The van der Waals surface area contributed by atoms with Crippen LogP contribution in [-0.2, 0) is 6.61 Å². The topological polar surface area (TPSA) is 121 Å². The number of amides is 2. The van der Waals surface area contributed by atoms with Gasteiger partial charge in [-0.1, -0.05) is 30.3 Å². The monoisotopic (exact) mass is 463 g/mol. The number of anilines is 1. The summed E-state index contributed by atoms with van der Waals surface area (Å²) in [6.07, 6.45) is 6.27. The van der Waals surface area contributed by atoms with E-state index in [1.165, 1.54) is 18.8 Å². The summed E-state index contributed by atoms with van der Waals surface area (Å²) >= 11 is 0. The largest absolute Gasteiger partial charge is 0.466 e. The summed E-state index contributed by atoms with van der Waals surface area (Å²) in [7, 11) is 0. The molecule has 2 amide bonds. The molecule has 0 radical (unpaired) electrons. The van der Waals surface area contributed by atoms with Gasteiger partial charge in [0, 0.05) is 19.3 Å². The molecule has 1 aliphatic heterocycles. The van der Waals surface area contributed by atoms with Crippen molar-refractivity contribution in [1.82, 2.24) is 20.6 Å². The van der Waals surface area contributed by atoms with E-state index in [1.54, 1.807) is 12.3 Å². The second-order valence-electron chi connectivity index (χ2n) is 8.37. The number of carbonyl (C=O) groups is 2. The minimum absolute atomic E-state index is 0.275. The standard InChI is InChI=1S/C25H29N5O4/c1-17(27-23(32)19-14-20(15-31)34-16-19)22(18-8-4-2-5-9-18)29-24(33)21-10-11-26-25(28-21)30-12-6-3-7-13-30/h2,4-5,8-11,14,16-17,22,31H,3,6-7,12-13,15H2,1H3,(H,27,32)(H,29,33). The van der Waals surface area contributed by atoms with Gasteiger partial charge in [0.25, 0.3) is 11.8 Å². The van der Waals surface area contributed by atoms with E-state index in [0.29, 0.717) is 17.3 Å². The van der Waals surface area contributed by atoms with E-state index in [-0.39, 0.29) is 24.1 Å². The fourth-order valence-electron chi connectivity index (χ4n) is 4.05. The van der Waals surface area contributed by atoms with Crippen molar-refractivity contribution in [1.29, 1.82) is 0 Å². The molecule has 34 heavy (non-hydrogen) atoms. The number of aromatic nitrogens is 2. The van der Waals surface area contributed by atoms with E-state index in [0.717, 1.165) is 31.5 Å². The van der Waals surface area contributed by atoms with Crippen molar-refractivity contribution in [3.63, 3.8) is 0 Å². The van der Waals surface area contributed by atoms with Crippen LogP contribution in [0.3, 0.4) is 0 Å². The Morgan fingerprint density at radius 3 is 2.56 bits per heavy atom. The van der Waals surface area contributed by atoms with Gasteiger partial charge < -0.3 is 25.1 Å². The molecule has 9 heteroatoms. The van der Waals surface area contributed by atoms with Crippen LogP contribution in [0.15, 0.2) is 59.3 Å². The van der Waals surface area contributed by atoms with E-state index in [2.05, 4.69) is 25.5 Å². The molecule has 1 saturated heterocycles. The van der Waals surface area contributed by atoms with Crippen LogP contribution in [0.5, 0.6) is 0 Å². The molecule has 3 heterocycles. The van der Waals surface area contributed by atoms with Crippen LogP contribution < -0.4 is 15.5 Å². The minimum Gasteiger partial charge on any atom is -0.466 e. The van der Waals surface area contributed by atoms with Crippen molar-refractivity contribution in [3.8, 4) is 0 Å². The zero-order chi connectivity index (χ0) is 23.9. The van der Waals surface area contributed by atoms with Crippen LogP contribution in [0.4, 0.5) is 5.95 Å². The molecule has 3 N–H and O–H groups in total. The zero-order valence-corrected chi connectivity index (χ0v) is 19.1. The third-order valence-electron chi connectivity index (χ3n) is 5.89. The Morgan fingerprint density at radius 2 is 1.85 bits per heavy atom. The molecule has 1 aliphatic rings. The molecule has 0 saturated carbocycles. The number of benzene rings is 1. The number of rotatable bonds is 8. The Bertz CT molecular complexity index is 1110. The lowest BCUT2D eigenvalue weighted by atomic mass is 9.99. The molecule has 2 unspecified atom stereocenters. The van der Waals surface area contributed by atoms with Crippen molar-refractivity contribution in [3.05, 3.63) is 77.5 Å². The summed E-state index contributed by atoms with van der Waals surface area (Å²) < 4.78 is 5.15. The van der Waals surface area contributed by atoms with Crippen LogP contribution in [0, 0.1) is 0 Å². The first kappa shape index (κ1) is 23.4. The number of aliphatic hydroxyl groups excluding tert-OH is 1. The van der Waals surface area contributed by atoms with Gasteiger partial charge >= 0.3 is 0 Å². The first-order chi connectivity index (χ1) is 16.5. The van der Waals surface area contributed by atoms with Gasteiger partial charge in [0.15, 0.2) is 0 Å². The van der Waals surface area contributed by atoms with Crippen molar-refractivity contribution in [2.45, 2.75) is 44.9 Å². The number of hydrogen-bond acceptors (Lipinski definition) is 7. The smallest absolute Gasteiger partial charge is 0.270 e. The Balaban J connectivity index is 1.51. The lowest BCUT2D eigenvalue weighted by Gasteiger charge is -2.27. The fraction of sp³-hybridized carbons (Fsp3) is 0.360. The maximum Gasteiger partial charge on any atom is 0.270 e. The summed E-state index contributed by atoms with van der Waals surface area (Å²) in [4.78, 5) is 36.8. The molecule has 1 aromatic carbocycles. The van der Waals surface area contributed by atoms with Crippen molar-refractivity contribution >= 4 is 17.8 Å². The molecular formula is C25H29N5O4. The SMILES string of the molecule is CC(NC(=O)c1coc(CO)c1)C(NC(=O)c1ccnc(N2CCCCC2)n1)c1ccccc1. The van der Waals surface area contributed by atoms with Crippen molar-refractivity contribution in [2.75, 3.05) is 18.0 Å². The molecule has 0 spiro atoms. The highest BCUT2D eigenvalue weighted by Crippen LogP contribution is 2.20. The zero-order valence-electron chi connectivity index (χ0n) is 19.1. The van der Waals surface area contributed by atoms with Gasteiger partial charge in [-0.2, -0.15) is 0 Å². The average molecular weight is 464 g/mol. The molecule has 3 aromatic rings. The van der Waals surface area contributed by atoms with Gasteiger partial charge in [-0.15, -0.1) is 0 Å². The maximum absolute atomic E-state index is 13.2. The second kappa shape index (κ2) is 10.9. The van der Waals surface area contributed by atoms with Gasteiger partial charge in [-0.05, 0) is 43.9 Å². The number of nitrogens with zero attached hydrogens (tertiary/aromatic N) is 3. The summed E-state index contributed by atoms with van der Waals surface area (Å²) in [5, 5.41) is 15.1. The summed E-state index contributed by atoms with van der Waals surface area (Å²) in [6.45, 7) is 3.30. The summed E-state index contributed by atoms with van der Waals surface area (Å²) in [5.74, 6) is 0.158. The predicted molar refractivity (Wildman–Crippen MR) is 126 cm³/mol. The second-order valence-corrected chi connectivity index (χ2v) is 8.37. The van der Waals surface area contributed by atoms with Gasteiger partial charge in [0.2, 0.25) is 5.95 Å². The van der Waals surface area contributed by atoms with Gasteiger partial charge in [-0.25, -0.2) is 9.97 Å². The van der Waals surface area contributed by atoms with E-state index >= 15 is 0 Å². The third-order valence-corrected chi connectivity index (χ3v) is 5.89. The quantitative estimate of drug-likeness (QED) is 0.470. The van der Waals surface area contributed by atoms with Gasteiger partial charge in [0.1, 0.15) is 24.3 Å². The average Bonchev–Trinajstić information content (AvgIpc) is 3.38. The maximum atomic E-state index is 13.2. The predicted octanol–water partition coefficient (Wildman–Crippen LogP) is 2.84. The van der Waals surface area contributed by atoms with Crippen LogP contribution >= 0.6 is 0 Å². The Kier molecular flexibility index (Phi) is 7.54. The molecular weight excluding hydrogens is 434 g/mol. The van der Waals surface area contributed by atoms with E-state index in [1.807, 2.05) is 37.3 Å². The number of aliphatic hydroxyl groups is 1. The fourth-order valence-corrected chi connectivity index (χ4v) is 4.05. The van der Waals surface area contributed by atoms with E-state index < -0.39 is 12.1 Å². The van der Waals surface area contributed by atoms with E-state index in [9.17, 15) is 14.7 Å². The molecule has 2 atom stereocenters. The Morgan fingerprint density at radius 1 is 1.09 bits per heavy atom. The number of hydrogen-bond donors (Lipinski definition) is 3. The number of furan rings is 1. The van der Waals surface area contributed by atoms with E-state index in [4.69, 9.17) is 4.42 Å². The lowest BCUT2D eigenvalue weighted by molar-refractivity contribution is 0.0884. The highest BCUT2D eigenvalue weighted by atomic mass is 16.4. The summed E-state index contributed by atoms with van der Waals surface area (Å²) in [6, 6.07) is 11.6. The van der Waals surface area contributed by atoms with Crippen LogP contribution in [-0.4, -0.2) is 46.0 Å². The van der Waals surface area contributed by atoms with Gasteiger partial charge in [0.05, 0.1) is 17.6 Å². The minimum atomic E-state index is -0.504. The molecule has 4 rings (SSSR count). The first-order valence-corrected chi connectivity index (χ1v) is 11.5. The molecule has 9 nitrogen and oxygen atoms in total. The van der Waals surface area contributed by atoms with Crippen LogP contribution in [0.2, 0.25) is 0 Å². The molecule has 2 aromatic heterocycles. The van der Waals surface area contributed by atoms with Crippen molar-refractivity contribution in [2.24, 2.45) is 0 Å². The van der Waals surface area contributed by atoms with Gasteiger partial charge in [-0.3, -0.25) is 9.59 Å². The third kappa shape index (κ3) is 5.60. The molecule has 178 valence electrons. The number of nitrogens with one attached hydrogen (secondary N) is 2. The number of carbonyl (C=O) groups excluding carboxylic acids is 2. The molecule has 0 bridgehead atoms. The van der Waals surface area contributed by atoms with Crippen molar-refractivity contribution < 1.29 is 19.1 Å². The Labute approximate surface area is 198 Å². The normalized spacial score (nSPS) is 15.4. The van der Waals surface area contributed by atoms with Crippen LogP contribution in [0.1, 0.15) is 64.4 Å². The highest BCUT2D eigenvalue weighted by molar-refractivity contribution is 5.95. The highest BCUT2D eigenvalue weighted by Gasteiger charge is 2.25. The molecule has 1 fully saturated rings. The van der Waals surface area contributed by atoms with Crippen LogP contribution in [0.25, 0.3) is 0 Å².